The number of carbonyl (C=O) groups is 1. The topological polar surface area (TPSA) is 75.7 Å². The molecule has 3 aromatic rings. The summed E-state index contributed by atoms with van der Waals surface area (Å²) in [7, 11) is -2.35. The first kappa shape index (κ1) is 23.7. The number of nitrogens with zero attached hydrogens (tertiary/aromatic N) is 1. The minimum Gasteiger partial charge on any atom is -0.494 e. The van der Waals surface area contributed by atoms with Crippen molar-refractivity contribution in [2.75, 3.05) is 19.0 Å². The summed E-state index contributed by atoms with van der Waals surface area (Å²) in [5.41, 5.74) is 1.11. The molecule has 0 aliphatic rings. The lowest BCUT2D eigenvalue weighted by atomic mass is 10.1. The molecule has 3 rings (SSSR count). The van der Waals surface area contributed by atoms with E-state index >= 15 is 0 Å². The lowest BCUT2D eigenvalue weighted by molar-refractivity contribution is 0.102. The van der Waals surface area contributed by atoms with Gasteiger partial charge in [-0.1, -0.05) is 17.7 Å². The van der Waals surface area contributed by atoms with E-state index in [9.17, 15) is 17.6 Å². The Morgan fingerprint density at radius 2 is 1.81 bits per heavy atom. The molecule has 0 radical (unpaired) electrons. The van der Waals surface area contributed by atoms with Crippen molar-refractivity contribution >= 4 is 33.2 Å². The summed E-state index contributed by atoms with van der Waals surface area (Å²) in [5.74, 6) is -0.458. The van der Waals surface area contributed by atoms with E-state index in [-0.39, 0.29) is 17.0 Å². The van der Waals surface area contributed by atoms with Crippen molar-refractivity contribution in [1.29, 1.82) is 0 Å². The van der Waals surface area contributed by atoms with Crippen LogP contribution in [0.4, 0.5) is 10.1 Å². The van der Waals surface area contributed by atoms with Crippen LogP contribution in [0.1, 0.15) is 22.8 Å². The number of hydrogen-bond donors (Lipinski definition) is 1. The van der Waals surface area contributed by atoms with Crippen molar-refractivity contribution in [3.8, 4) is 5.75 Å². The van der Waals surface area contributed by atoms with Crippen molar-refractivity contribution in [1.82, 2.24) is 4.31 Å². The quantitative estimate of drug-likeness (QED) is 0.499. The first-order valence-electron chi connectivity index (χ1n) is 9.75. The molecule has 0 fully saturated rings. The minimum absolute atomic E-state index is 0.0264. The van der Waals surface area contributed by atoms with Gasteiger partial charge in [-0.25, -0.2) is 12.8 Å². The van der Waals surface area contributed by atoms with E-state index in [1.807, 2.05) is 6.92 Å². The molecular formula is C23H22ClFN2O4S. The van der Waals surface area contributed by atoms with Gasteiger partial charge < -0.3 is 10.1 Å². The highest BCUT2D eigenvalue weighted by Gasteiger charge is 2.23. The van der Waals surface area contributed by atoms with Gasteiger partial charge in [0.05, 0.1) is 11.5 Å². The fraction of sp³-hybridized carbons (Fsp3) is 0.174. The second kappa shape index (κ2) is 10.1. The molecule has 0 unspecified atom stereocenters. The van der Waals surface area contributed by atoms with Crippen LogP contribution in [0.15, 0.2) is 71.6 Å². The number of halogens is 2. The first-order valence-corrected chi connectivity index (χ1v) is 11.6. The van der Waals surface area contributed by atoms with Crippen LogP contribution in [0.3, 0.4) is 0 Å². The van der Waals surface area contributed by atoms with E-state index in [0.717, 1.165) is 0 Å². The molecule has 0 aliphatic heterocycles. The lowest BCUT2D eigenvalue weighted by Gasteiger charge is -2.20. The van der Waals surface area contributed by atoms with Crippen LogP contribution >= 0.6 is 11.6 Å². The molecule has 1 N–H and O–H groups in total. The Morgan fingerprint density at radius 3 is 2.47 bits per heavy atom. The molecule has 3 aromatic carbocycles. The van der Waals surface area contributed by atoms with E-state index in [2.05, 4.69) is 5.32 Å². The molecule has 0 saturated carbocycles. The summed E-state index contributed by atoms with van der Waals surface area (Å²) in [6.07, 6.45) is 0. The molecule has 9 heteroatoms. The molecule has 0 heterocycles. The monoisotopic (exact) mass is 476 g/mol. The Hall–Kier alpha value is -2.94. The molecule has 0 atom stereocenters. The molecule has 0 spiro atoms. The molecular weight excluding hydrogens is 455 g/mol. The SMILES string of the molecule is CCOc1ccc(C(=O)Nc2cccc(F)c2)cc1CN(C)S(=O)(=O)c1ccc(Cl)cc1. The second-order valence-electron chi connectivity index (χ2n) is 6.93. The highest BCUT2D eigenvalue weighted by Crippen LogP contribution is 2.26. The molecule has 0 aliphatic carbocycles. The number of ether oxygens (including phenoxy) is 1. The van der Waals surface area contributed by atoms with Crippen molar-refractivity contribution < 1.29 is 22.3 Å². The number of benzene rings is 3. The van der Waals surface area contributed by atoms with Crippen LogP contribution in [0.25, 0.3) is 0 Å². The van der Waals surface area contributed by atoms with Crippen LogP contribution in [-0.2, 0) is 16.6 Å². The Balaban J connectivity index is 1.87. The van der Waals surface area contributed by atoms with Gasteiger partial charge in [0.2, 0.25) is 10.0 Å². The number of amides is 1. The van der Waals surface area contributed by atoms with Gasteiger partial charge in [-0.3, -0.25) is 4.79 Å². The van der Waals surface area contributed by atoms with E-state index in [0.29, 0.717) is 28.6 Å². The number of carbonyl (C=O) groups excluding carboxylic acids is 1. The predicted molar refractivity (Wildman–Crippen MR) is 122 cm³/mol. The molecule has 6 nitrogen and oxygen atoms in total. The number of rotatable bonds is 8. The number of anilines is 1. The van der Waals surface area contributed by atoms with Crippen LogP contribution in [0.5, 0.6) is 5.75 Å². The third-order valence-corrected chi connectivity index (χ3v) is 6.69. The zero-order valence-corrected chi connectivity index (χ0v) is 19.1. The molecule has 1 amide bonds. The standard InChI is InChI=1S/C23H22ClFN2O4S/c1-3-31-22-12-7-16(23(28)26-20-6-4-5-19(25)14-20)13-17(22)15-27(2)32(29,30)21-10-8-18(24)9-11-21/h4-14H,3,15H2,1-2H3,(H,26,28). The van der Waals surface area contributed by atoms with E-state index in [1.165, 1.54) is 53.8 Å². The fourth-order valence-corrected chi connectivity index (χ4v) is 4.30. The maximum absolute atomic E-state index is 13.4. The van der Waals surface area contributed by atoms with Crippen molar-refractivity contribution in [2.24, 2.45) is 0 Å². The highest BCUT2D eigenvalue weighted by atomic mass is 35.5. The van der Waals surface area contributed by atoms with Gasteiger partial charge in [-0.05, 0) is 67.6 Å². The Morgan fingerprint density at radius 1 is 1.09 bits per heavy atom. The second-order valence-corrected chi connectivity index (χ2v) is 9.42. The van der Waals surface area contributed by atoms with Gasteiger partial charge in [-0.15, -0.1) is 0 Å². The third-order valence-electron chi connectivity index (χ3n) is 4.62. The summed E-state index contributed by atoms with van der Waals surface area (Å²) in [4.78, 5) is 12.8. The van der Waals surface area contributed by atoms with Crippen molar-refractivity contribution in [2.45, 2.75) is 18.4 Å². The molecule has 32 heavy (non-hydrogen) atoms. The maximum atomic E-state index is 13.4. The van der Waals surface area contributed by atoms with Gasteiger partial charge in [0, 0.05) is 35.4 Å². The Bertz CT molecular complexity index is 1220. The van der Waals surface area contributed by atoms with Gasteiger partial charge in [-0.2, -0.15) is 4.31 Å². The number of sulfonamides is 1. The van der Waals surface area contributed by atoms with Gasteiger partial charge >= 0.3 is 0 Å². The highest BCUT2D eigenvalue weighted by molar-refractivity contribution is 7.89. The summed E-state index contributed by atoms with van der Waals surface area (Å²) >= 11 is 5.86. The Kier molecular flexibility index (Phi) is 7.50. The summed E-state index contributed by atoms with van der Waals surface area (Å²) < 4.78 is 46.1. The molecule has 168 valence electrons. The zero-order valence-electron chi connectivity index (χ0n) is 17.5. The van der Waals surface area contributed by atoms with Gasteiger partial charge in [0.15, 0.2) is 0 Å². The van der Waals surface area contributed by atoms with Crippen molar-refractivity contribution in [3.05, 3.63) is 88.7 Å². The lowest BCUT2D eigenvalue weighted by Crippen LogP contribution is -2.27. The number of hydrogen-bond acceptors (Lipinski definition) is 4. The first-order chi connectivity index (χ1) is 15.2. The summed E-state index contributed by atoms with van der Waals surface area (Å²) in [6, 6.07) is 16.2. The predicted octanol–water partition coefficient (Wildman–Crippen LogP) is 4.95. The van der Waals surface area contributed by atoms with Crippen LogP contribution in [-0.4, -0.2) is 32.3 Å². The summed E-state index contributed by atoms with van der Waals surface area (Å²) in [6.45, 7) is 2.15. The molecule has 0 aromatic heterocycles. The van der Waals surface area contributed by atoms with Crippen LogP contribution in [0.2, 0.25) is 5.02 Å². The molecule has 0 bridgehead atoms. The fourth-order valence-electron chi connectivity index (χ4n) is 3.02. The number of nitrogens with one attached hydrogen (secondary N) is 1. The Labute approximate surface area is 191 Å². The van der Waals surface area contributed by atoms with Crippen LogP contribution in [0, 0.1) is 5.82 Å². The normalized spacial score (nSPS) is 11.4. The van der Waals surface area contributed by atoms with Crippen LogP contribution < -0.4 is 10.1 Å². The van der Waals surface area contributed by atoms with Crippen molar-refractivity contribution in [3.63, 3.8) is 0 Å². The minimum atomic E-state index is -3.80. The average Bonchev–Trinajstić information content (AvgIpc) is 2.75. The maximum Gasteiger partial charge on any atom is 0.255 e. The summed E-state index contributed by atoms with van der Waals surface area (Å²) in [5, 5.41) is 3.06. The van der Waals surface area contributed by atoms with E-state index in [4.69, 9.17) is 16.3 Å². The van der Waals surface area contributed by atoms with Gasteiger partial charge in [0.25, 0.3) is 5.91 Å². The van der Waals surface area contributed by atoms with E-state index < -0.39 is 21.7 Å². The largest absolute Gasteiger partial charge is 0.494 e. The molecule has 0 saturated heterocycles. The average molecular weight is 477 g/mol. The third kappa shape index (κ3) is 5.64. The zero-order chi connectivity index (χ0) is 23.3. The van der Waals surface area contributed by atoms with E-state index in [1.54, 1.807) is 24.3 Å². The smallest absolute Gasteiger partial charge is 0.255 e. The van der Waals surface area contributed by atoms with Gasteiger partial charge in [0.1, 0.15) is 11.6 Å².